The fourth-order valence-corrected chi connectivity index (χ4v) is 3.59. The van der Waals surface area contributed by atoms with Crippen LogP contribution in [0.3, 0.4) is 0 Å². The Bertz CT molecular complexity index is 814. The summed E-state index contributed by atoms with van der Waals surface area (Å²) in [5.41, 5.74) is 0.655. The topological polar surface area (TPSA) is 91.4 Å². The van der Waals surface area contributed by atoms with Crippen LogP contribution in [-0.4, -0.2) is 47.1 Å². The van der Waals surface area contributed by atoms with Crippen LogP contribution in [-0.2, 0) is 4.74 Å². The van der Waals surface area contributed by atoms with Crippen molar-refractivity contribution in [2.45, 2.75) is 24.5 Å². The molecule has 7 heteroatoms. The molecule has 2 atom stereocenters. The van der Waals surface area contributed by atoms with E-state index in [9.17, 15) is 4.79 Å². The zero-order chi connectivity index (χ0) is 17.3. The number of carbonyl (C=O) groups excluding carboxylic acids is 1. The number of hydrogen-bond acceptors (Lipinski definition) is 6. The van der Waals surface area contributed by atoms with Crippen LogP contribution >= 0.6 is 0 Å². The average Bonchev–Trinajstić information content (AvgIpc) is 3.37. The molecule has 4 heterocycles. The van der Waals surface area contributed by atoms with E-state index in [0.717, 1.165) is 12.8 Å². The Labute approximate surface area is 145 Å². The minimum Gasteiger partial charge on any atom is -0.472 e. The molecular weight excluding hydrogens is 320 g/mol. The molecule has 0 radical (unpaired) electrons. The molecule has 7 nitrogen and oxygen atoms in total. The van der Waals surface area contributed by atoms with Crippen LogP contribution in [0.25, 0.3) is 0 Å². The van der Waals surface area contributed by atoms with E-state index in [-0.39, 0.29) is 17.6 Å². The highest BCUT2D eigenvalue weighted by atomic mass is 16.5. The molecule has 2 aromatic heterocycles. The van der Waals surface area contributed by atoms with Gasteiger partial charge in [0, 0.05) is 13.0 Å². The predicted octanol–water partition coefficient (Wildman–Crippen LogP) is 2.03. The van der Waals surface area contributed by atoms with E-state index in [4.69, 9.17) is 14.4 Å². The fraction of sp³-hybridized carbons (Fsp3) is 0.389. The van der Waals surface area contributed by atoms with Crippen LogP contribution in [0.4, 0.5) is 5.82 Å². The zero-order valence-electron chi connectivity index (χ0n) is 13.6. The summed E-state index contributed by atoms with van der Waals surface area (Å²) in [6.45, 7) is 1.83. The maximum absolute atomic E-state index is 12.4. The van der Waals surface area contributed by atoms with Crippen molar-refractivity contribution in [3.63, 3.8) is 0 Å². The lowest BCUT2D eigenvalue weighted by atomic mass is 9.97. The molecule has 0 bridgehead atoms. The highest BCUT2D eigenvalue weighted by molar-refractivity contribution is 5.94. The van der Waals surface area contributed by atoms with Crippen LogP contribution in [0, 0.1) is 11.3 Å². The van der Waals surface area contributed by atoms with Gasteiger partial charge in [-0.3, -0.25) is 4.79 Å². The molecule has 4 rings (SSSR count). The zero-order valence-corrected chi connectivity index (χ0v) is 13.6. The van der Waals surface area contributed by atoms with Crippen molar-refractivity contribution in [1.29, 1.82) is 5.26 Å². The molecule has 1 amide bonds. The van der Waals surface area contributed by atoms with E-state index in [1.807, 2.05) is 17.0 Å². The number of rotatable bonds is 3. The molecular formula is C18H18N4O3. The number of pyridine rings is 1. The maximum atomic E-state index is 12.4. The molecule has 0 aromatic carbocycles. The number of likely N-dealkylation sites (tertiary alicyclic amines) is 1. The van der Waals surface area contributed by atoms with Gasteiger partial charge in [-0.25, -0.2) is 4.98 Å². The Morgan fingerprint density at radius 1 is 1.44 bits per heavy atom. The molecule has 2 aliphatic rings. The molecule has 2 fully saturated rings. The fourth-order valence-electron chi connectivity index (χ4n) is 3.59. The van der Waals surface area contributed by atoms with Gasteiger partial charge in [0.05, 0.1) is 36.6 Å². The summed E-state index contributed by atoms with van der Waals surface area (Å²) in [4.78, 5) is 18.5. The van der Waals surface area contributed by atoms with Crippen LogP contribution < -0.4 is 5.32 Å². The maximum Gasteiger partial charge on any atom is 0.257 e. The standard InChI is InChI=1S/C18H18N4O3/c19-9-14-2-1-3-16(20-14)21-15-8-18(25-11-15)5-6-22(12-18)17(23)13-4-7-24-10-13/h1-4,7,10,15H,5-6,8,11-12H2,(H,20,21)/t15-,18+/m1/s1. The van der Waals surface area contributed by atoms with E-state index in [2.05, 4.69) is 10.3 Å². The quantitative estimate of drug-likeness (QED) is 0.921. The van der Waals surface area contributed by atoms with Crippen molar-refractivity contribution in [3.8, 4) is 6.07 Å². The Kier molecular flexibility index (Phi) is 3.90. The molecule has 25 heavy (non-hydrogen) atoms. The number of aromatic nitrogens is 1. The Morgan fingerprint density at radius 3 is 3.16 bits per heavy atom. The number of anilines is 1. The lowest BCUT2D eigenvalue weighted by molar-refractivity contribution is 0.0125. The largest absolute Gasteiger partial charge is 0.472 e. The monoisotopic (exact) mass is 338 g/mol. The SMILES string of the molecule is N#Cc1cccc(N[C@H]2CO[C@@]3(CCN(C(=O)c4ccoc4)C3)C2)n1. The van der Waals surface area contributed by atoms with Gasteiger partial charge < -0.3 is 19.4 Å². The van der Waals surface area contributed by atoms with Crippen molar-refractivity contribution < 1.29 is 13.9 Å². The van der Waals surface area contributed by atoms with E-state index < -0.39 is 0 Å². The number of hydrogen-bond donors (Lipinski definition) is 1. The van der Waals surface area contributed by atoms with Crippen molar-refractivity contribution >= 4 is 11.7 Å². The van der Waals surface area contributed by atoms with Gasteiger partial charge in [-0.15, -0.1) is 0 Å². The lowest BCUT2D eigenvalue weighted by Crippen LogP contribution is -2.36. The number of nitrogens with one attached hydrogen (secondary N) is 1. The van der Waals surface area contributed by atoms with Crippen molar-refractivity contribution in [2.24, 2.45) is 0 Å². The first-order chi connectivity index (χ1) is 12.2. The van der Waals surface area contributed by atoms with Crippen molar-refractivity contribution in [1.82, 2.24) is 9.88 Å². The molecule has 128 valence electrons. The highest BCUT2D eigenvalue weighted by Crippen LogP contribution is 2.36. The lowest BCUT2D eigenvalue weighted by Gasteiger charge is -2.23. The summed E-state index contributed by atoms with van der Waals surface area (Å²) >= 11 is 0. The van der Waals surface area contributed by atoms with Gasteiger partial charge in [0.15, 0.2) is 0 Å². The van der Waals surface area contributed by atoms with E-state index in [1.54, 1.807) is 18.2 Å². The molecule has 2 saturated heterocycles. The van der Waals surface area contributed by atoms with Crippen LogP contribution in [0.1, 0.15) is 28.9 Å². The van der Waals surface area contributed by atoms with Gasteiger partial charge in [0.25, 0.3) is 5.91 Å². The second-order valence-electron chi connectivity index (χ2n) is 6.55. The van der Waals surface area contributed by atoms with Crippen LogP contribution in [0.2, 0.25) is 0 Å². The normalized spacial score (nSPS) is 25.2. The summed E-state index contributed by atoms with van der Waals surface area (Å²) in [7, 11) is 0. The third-order valence-electron chi connectivity index (χ3n) is 4.80. The number of nitriles is 1. The first-order valence-electron chi connectivity index (χ1n) is 8.27. The van der Waals surface area contributed by atoms with Gasteiger partial charge in [-0.1, -0.05) is 6.07 Å². The molecule has 2 aromatic rings. The Balaban J connectivity index is 1.39. The third kappa shape index (κ3) is 3.08. The molecule has 0 saturated carbocycles. The molecule has 2 aliphatic heterocycles. The summed E-state index contributed by atoms with van der Waals surface area (Å²) in [6.07, 6.45) is 4.61. The molecule has 1 N–H and O–H groups in total. The number of nitrogens with zero attached hydrogens (tertiary/aromatic N) is 3. The second-order valence-corrected chi connectivity index (χ2v) is 6.55. The second kappa shape index (κ2) is 6.22. The smallest absolute Gasteiger partial charge is 0.257 e. The molecule has 1 spiro atoms. The highest BCUT2D eigenvalue weighted by Gasteiger charge is 2.47. The number of furan rings is 1. The van der Waals surface area contributed by atoms with E-state index in [0.29, 0.717) is 36.8 Å². The van der Waals surface area contributed by atoms with Crippen LogP contribution in [0.15, 0.2) is 41.2 Å². The summed E-state index contributed by atoms with van der Waals surface area (Å²) < 4.78 is 11.1. The van der Waals surface area contributed by atoms with Gasteiger partial charge in [-0.2, -0.15) is 5.26 Å². The summed E-state index contributed by atoms with van der Waals surface area (Å²) in [5.74, 6) is 0.656. The van der Waals surface area contributed by atoms with Crippen LogP contribution in [0.5, 0.6) is 0 Å². The summed E-state index contributed by atoms with van der Waals surface area (Å²) in [6, 6.07) is 9.16. The van der Waals surface area contributed by atoms with Crippen molar-refractivity contribution in [3.05, 3.63) is 48.0 Å². The van der Waals surface area contributed by atoms with E-state index in [1.165, 1.54) is 12.5 Å². The van der Waals surface area contributed by atoms with E-state index >= 15 is 0 Å². The van der Waals surface area contributed by atoms with Gasteiger partial charge in [-0.05, 0) is 24.6 Å². The minimum absolute atomic E-state index is 0.0194. The average molecular weight is 338 g/mol. The Morgan fingerprint density at radius 2 is 2.36 bits per heavy atom. The number of amides is 1. The first-order valence-corrected chi connectivity index (χ1v) is 8.27. The molecule has 0 unspecified atom stereocenters. The predicted molar refractivity (Wildman–Crippen MR) is 88.9 cm³/mol. The minimum atomic E-state index is -0.302. The van der Waals surface area contributed by atoms with Crippen molar-refractivity contribution in [2.75, 3.05) is 25.0 Å². The number of ether oxygens (including phenoxy) is 1. The third-order valence-corrected chi connectivity index (χ3v) is 4.80. The van der Waals surface area contributed by atoms with Gasteiger partial charge >= 0.3 is 0 Å². The summed E-state index contributed by atoms with van der Waals surface area (Å²) in [5, 5.41) is 12.3. The van der Waals surface area contributed by atoms with Gasteiger partial charge in [0.2, 0.25) is 0 Å². The molecule has 0 aliphatic carbocycles. The first kappa shape index (κ1) is 15.7. The number of carbonyl (C=O) groups is 1. The van der Waals surface area contributed by atoms with Gasteiger partial charge in [0.1, 0.15) is 23.8 Å². The Hall–Kier alpha value is -2.85.